The fourth-order valence-corrected chi connectivity index (χ4v) is 6.19. The first-order valence-electron chi connectivity index (χ1n) is 10.1. The van der Waals surface area contributed by atoms with E-state index in [1.165, 1.54) is 12.1 Å². The van der Waals surface area contributed by atoms with Gasteiger partial charge in [0, 0.05) is 18.5 Å². The number of halogens is 3. The van der Waals surface area contributed by atoms with Crippen molar-refractivity contribution in [2.45, 2.75) is 73.4 Å². The number of nitrogens with one attached hydrogen (secondary N) is 1. The van der Waals surface area contributed by atoms with Crippen LogP contribution in [0.25, 0.3) is 0 Å². The molecule has 3 N–H and O–H groups in total. The largest absolute Gasteiger partial charge is 0.573 e. The third kappa shape index (κ3) is 5.87. The Morgan fingerprint density at radius 1 is 1.20 bits per heavy atom. The van der Waals surface area contributed by atoms with Crippen LogP contribution in [-0.2, 0) is 14.6 Å². The van der Waals surface area contributed by atoms with E-state index in [9.17, 15) is 26.4 Å². The fourth-order valence-electron chi connectivity index (χ4n) is 4.21. The molecule has 0 saturated heterocycles. The predicted octanol–water partition coefficient (Wildman–Crippen LogP) is 3.31. The Balaban J connectivity index is 1.48. The minimum absolute atomic E-state index is 0.0170. The first-order chi connectivity index (χ1) is 14.0. The number of amides is 1. The average Bonchev–Trinajstić information content (AvgIpc) is 2.59. The summed E-state index contributed by atoms with van der Waals surface area (Å²) in [7, 11) is -3.76. The van der Waals surface area contributed by atoms with Crippen LogP contribution in [0.4, 0.5) is 13.2 Å². The van der Waals surface area contributed by atoms with Crippen molar-refractivity contribution in [3.05, 3.63) is 24.3 Å². The summed E-state index contributed by atoms with van der Waals surface area (Å²) < 4.78 is 66.3. The first kappa shape index (κ1) is 22.9. The number of nitrogens with two attached hydrogens (primary N) is 1. The number of hydrogen-bond donors (Lipinski definition) is 2. The van der Waals surface area contributed by atoms with Gasteiger partial charge in [0.15, 0.2) is 9.84 Å². The molecular formula is C20H27F3N2O4S. The molecule has 0 atom stereocenters. The minimum Gasteiger partial charge on any atom is -0.406 e. The topological polar surface area (TPSA) is 98.5 Å². The lowest BCUT2D eigenvalue weighted by Crippen LogP contribution is -2.47. The summed E-state index contributed by atoms with van der Waals surface area (Å²) in [6.45, 7) is 0.373. The van der Waals surface area contributed by atoms with Crippen LogP contribution < -0.4 is 15.8 Å². The van der Waals surface area contributed by atoms with Gasteiger partial charge in [0.2, 0.25) is 5.91 Å². The Morgan fingerprint density at radius 2 is 1.87 bits per heavy atom. The van der Waals surface area contributed by atoms with Crippen molar-refractivity contribution < 1.29 is 31.1 Å². The second kappa shape index (κ2) is 8.74. The summed E-state index contributed by atoms with van der Waals surface area (Å²) in [4.78, 5) is 12.0. The zero-order chi connectivity index (χ0) is 22.0. The molecule has 0 heterocycles. The first-order valence-corrected chi connectivity index (χ1v) is 11.7. The zero-order valence-electron chi connectivity index (χ0n) is 16.6. The second-order valence-electron chi connectivity index (χ2n) is 8.43. The van der Waals surface area contributed by atoms with E-state index in [0.717, 1.165) is 44.2 Å². The van der Waals surface area contributed by atoms with Gasteiger partial charge in [-0.2, -0.15) is 0 Å². The molecular weight excluding hydrogens is 421 g/mol. The fraction of sp³-hybridized carbons (Fsp3) is 0.650. The van der Waals surface area contributed by atoms with Gasteiger partial charge in [-0.1, -0.05) is 25.3 Å². The number of carbonyl (C=O) groups is 1. The molecule has 10 heteroatoms. The summed E-state index contributed by atoms with van der Waals surface area (Å²) in [5, 5.41) is 2.16. The van der Waals surface area contributed by atoms with E-state index in [-0.39, 0.29) is 23.1 Å². The van der Waals surface area contributed by atoms with Gasteiger partial charge in [-0.3, -0.25) is 4.79 Å². The number of carbonyl (C=O) groups excluding carboxylic acids is 1. The Labute approximate surface area is 174 Å². The van der Waals surface area contributed by atoms with Gasteiger partial charge in [0.05, 0.1) is 10.1 Å². The highest BCUT2D eigenvalue weighted by Gasteiger charge is 2.40. The van der Waals surface area contributed by atoms with E-state index < -0.39 is 32.7 Å². The molecule has 2 fully saturated rings. The number of benzene rings is 1. The molecule has 30 heavy (non-hydrogen) atoms. The summed E-state index contributed by atoms with van der Waals surface area (Å²) in [6.07, 6.45) is 0.950. The Morgan fingerprint density at radius 3 is 2.50 bits per heavy atom. The molecule has 0 spiro atoms. The number of alkyl halides is 3. The predicted molar refractivity (Wildman–Crippen MR) is 104 cm³/mol. The molecule has 0 aromatic heterocycles. The number of hydrogen-bond acceptors (Lipinski definition) is 5. The number of ether oxygens (including phenoxy) is 1. The maximum atomic E-state index is 12.7. The lowest BCUT2D eigenvalue weighted by molar-refractivity contribution is -0.274. The zero-order valence-corrected chi connectivity index (χ0v) is 17.4. The Bertz CT molecular complexity index is 861. The quantitative estimate of drug-likeness (QED) is 0.667. The SMILES string of the molecule is NC1(CC(=O)NCC2CC(S(=O)(=O)c3cccc(OC(F)(F)F)c3)C2)CCCCC1. The average molecular weight is 449 g/mol. The third-order valence-electron chi connectivity index (χ3n) is 5.95. The minimum atomic E-state index is -4.89. The van der Waals surface area contributed by atoms with Crippen molar-refractivity contribution in [1.82, 2.24) is 5.32 Å². The van der Waals surface area contributed by atoms with Crippen molar-refractivity contribution >= 4 is 15.7 Å². The molecule has 0 radical (unpaired) electrons. The monoisotopic (exact) mass is 448 g/mol. The highest BCUT2D eigenvalue weighted by molar-refractivity contribution is 7.92. The molecule has 168 valence electrons. The van der Waals surface area contributed by atoms with Gasteiger partial charge in [0.25, 0.3) is 0 Å². The van der Waals surface area contributed by atoms with Crippen LogP contribution >= 0.6 is 0 Å². The molecule has 1 aromatic rings. The highest BCUT2D eigenvalue weighted by atomic mass is 32.2. The van der Waals surface area contributed by atoms with Gasteiger partial charge >= 0.3 is 6.36 Å². The maximum Gasteiger partial charge on any atom is 0.573 e. The smallest absolute Gasteiger partial charge is 0.406 e. The van der Waals surface area contributed by atoms with Crippen molar-refractivity contribution in [3.63, 3.8) is 0 Å². The highest BCUT2D eigenvalue weighted by Crippen LogP contribution is 2.37. The summed E-state index contributed by atoms with van der Waals surface area (Å²) in [5.41, 5.74) is 5.84. The van der Waals surface area contributed by atoms with Crippen molar-refractivity contribution in [2.24, 2.45) is 11.7 Å². The van der Waals surface area contributed by atoms with E-state index in [2.05, 4.69) is 10.1 Å². The molecule has 2 aliphatic carbocycles. The van der Waals surface area contributed by atoms with Gasteiger partial charge in [-0.15, -0.1) is 13.2 Å². The Kier molecular flexibility index (Phi) is 6.66. The van der Waals surface area contributed by atoms with Crippen molar-refractivity contribution in [1.29, 1.82) is 0 Å². The van der Waals surface area contributed by atoms with E-state index in [1.807, 2.05) is 0 Å². The number of sulfone groups is 1. The lowest BCUT2D eigenvalue weighted by atomic mass is 9.80. The van der Waals surface area contributed by atoms with Crippen LogP contribution in [0.2, 0.25) is 0 Å². The van der Waals surface area contributed by atoms with Gasteiger partial charge in [-0.05, 0) is 49.8 Å². The van der Waals surface area contributed by atoms with Gasteiger partial charge < -0.3 is 15.8 Å². The van der Waals surface area contributed by atoms with Gasteiger partial charge in [-0.25, -0.2) is 8.42 Å². The van der Waals surface area contributed by atoms with Crippen LogP contribution in [0.15, 0.2) is 29.2 Å². The maximum absolute atomic E-state index is 12.7. The van der Waals surface area contributed by atoms with Crippen molar-refractivity contribution in [3.8, 4) is 5.75 Å². The van der Waals surface area contributed by atoms with Crippen LogP contribution in [-0.4, -0.2) is 38.0 Å². The van der Waals surface area contributed by atoms with Crippen LogP contribution in [0, 0.1) is 5.92 Å². The molecule has 2 saturated carbocycles. The summed E-state index contributed by atoms with van der Waals surface area (Å²) in [5.74, 6) is -0.670. The van der Waals surface area contributed by atoms with Crippen LogP contribution in [0.5, 0.6) is 5.75 Å². The standard InChI is InChI=1S/C20H27F3N2O4S/c21-20(22,23)29-15-5-4-6-16(11-15)30(27,28)17-9-14(10-17)13-25-18(26)12-19(24)7-2-1-3-8-19/h4-6,11,14,17H,1-3,7-10,12-13,24H2,(H,25,26). The Hall–Kier alpha value is -1.81. The third-order valence-corrected chi connectivity index (χ3v) is 8.12. The van der Waals surface area contributed by atoms with Crippen molar-refractivity contribution in [2.75, 3.05) is 6.54 Å². The van der Waals surface area contributed by atoms with E-state index in [4.69, 9.17) is 5.73 Å². The molecule has 0 aliphatic heterocycles. The molecule has 6 nitrogen and oxygen atoms in total. The molecule has 0 unspecified atom stereocenters. The number of rotatable bonds is 7. The van der Waals surface area contributed by atoms with Crippen LogP contribution in [0.3, 0.4) is 0 Å². The lowest BCUT2D eigenvalue weighted by Gasteiger charge is -2.36. The molecule has 1 aromatic carbocycles. The summed E-state index contributed by atoms with van der Waals surface area (Å²) in [6, 6.07) is 4.43. The van der Waals surface area contributed by atoms with E-state index >= 15 is 0 Å². The van der Waals surface area contributed by atoms with E-state index in [0.29, 0.717) is 19.4 Å². The van der Waals surface area contributed by atoms with Gasteiger partial charge in [0.1, 0.15) is 5.75 Å². The molecule has 3 rings (SSSR count). The molecule has 0 bridgehead atoms. The van der Waals surface area contributed by atoms with E-state index in [1.54, 1.807) is 0 Å². The normalized spacial score (nSPS) is 24.0. The van der Waals surface area contributed by atoms with Crippen LogP contribution in [0.1, 0.15) is 51.4 Å². The second-order valence-corrected chi connectivity index (χ2v) is 10.7. The molecule has 1 amide bonds. The summed E-state index contributed by atoms with van der Waals surface area (Å²) >= 11 is 0. The molecule has 2 aliphatic rings.